The lowest BCUT2D eigenvalue weighted by Crippen LogP contribution is -2.45. The predicted octanol–water partition coefficient (Wildman–Crippen LogP) is 3.18. The van der Waals surface area contributed by atoms with Crippen molar-refractivity contribution in [3.8, 4) is 0 Å². The van der Waals surface area contributed by atoms with Gasteiger partial charge in [0.25, 0.3) is 0 Å². The molecule has 0 amide bonds. The maximum atomic E-state index is 9.82. The third kappa shape index (κ3) is 3.86. The molecule has 1 aliphatic heterocycles. The standard InChI is InChI=1S/C21H25N5O/c1-15(27)16-6-5-7-17(14-16)22-21-23-19-9-4-3-8-18(19)20(24-21)26-12-10-25(2)11-13-26/h3-9,14-15,27H,10-13H2,1-2H3,(H,22,23,24). The molecular formula is C21H25N5O. The smallest absolute Gasteiger partial charge is 0.229 e. The Labute approximate surface area is 159 Å². The zero-order chi connectivity index (χ0) is 18.8. The molecule has 1 saturated heterocycles. The number of para-hydroxylation sites is 1. The van der Waals surface area contributed by atoms with Gasteiger partial charge < -0.3 is 20.2 Å². The Morgan fingerprint density at radius 1 is 1.00 bits per heavy atom. The molecule has 6 heteroatoms. The molecule has 1 unspecified atom stereocenters. The number of hydrogen-bond donors (Lipinski definition) is 2. The van der Waals surface area contributed by atoms with Gasteiger partial charge in [0.15, 0.2) is 0 Å². The Kier molecular flexibility index (Phi) is 4.92. The molecule has 140 valence electrons. The highest BCUT2D eigenvalue weighted by Gasteiger charge is 2.19. The Morgan fingerprint density at radius 2 is 1.78 bits per heavy atom. The number of aromatic nitrogens is 2. The summed E-state index contributed by atoms with van der Waals surface area (Å²) in [7, 11) is 2.15. The fourth-order valence-electron chi connectivity index (χ4n) is 3.38. The number of aliphatic hydroxyl groups excluding tert-OH is 1. The topological polar surface area (TPSA) is 64.5 Å². The Hall–Kier alpha value is -2.70. The van der Waals surface area contributed by atoms with Gasteiger partial charge in [-0.05, 0) is 43.8 Å². The first-order chi connectivity index (χ1) is 13.1. The first kappa shape index (κ1) is 17.7. The van der Waals surface area contributed by atoms with Crippen LogP contribution < -0.4 is 10.2 Å². The van der Waals surface area contributed by atoms with E-state index in [1.807, 2.05) is 42.5 Å². The molecule has 0 radical (unpaired) electrons. The number of nitrogens with zero attached hydrogens (tertiary/aromatic N) is 4. The predicted molar refractivity (Wildman–Crippen MR) is 110 cm³/mol. The van der Waals surface area contributed by atoms with Crippen molar-refractivity contribution in [2.45, 2.75) is 13.0 Å². The van der Waals surface area contributed by atoms with E-state index < -0.39 is 6.10 Å². The van der Waals surface area contributed by atoms with Crippen molar-refractivity contribution < 1.29 is 5.11 Å². The number of anilines is 3. The van der Waals surface area contributed by atoms with Gasteiger partial charge in [-0.25, -0.2) is 4.98 Å². The molecule has 1 fully saturated rings. The molecule has 27 heavy (non-hydrogen) atoms. The lowest BCUT2D eigenvalue weighted by atomic mass is 10.1. The number of rotatable bonds is 4. The van der Waals surface area contributed by atoms with Gasteiger partial charge in [0.2, 0.25) is 5.95 Å². The molecule has 2 heterocycles. The van der Waals surface area contributed by atoms with Gasteiger partial charge in [0.05, 0.1) is 11.6 Å². The van der Waals surface area contributed by atoms with E-state index in [4.69, 9.17) is 9.97 Å². The SMILES string of the molecule is CC(O)c1cccc(Nc2nc(N3CCN(C)CC3)c3ccccc3n2)c1. The van der Waals surface area contributed by atoms with Crippen LogP contribution in [-0.2, 0) is 0 Å². The van der Waals surface area contributed by atoms with Crippen LogP contribution in [0.2, 0.25) is 0 Å². The number of fused-ring (bicyclic) bond motifs is 1. The van der Waals surface area contributed by atoms with E-state index in [2.05, 4.69) is 28.2 Å². The minimum absolute atomic E-state index is 0.509. The largest absolute Gasteiger partial charge is 0.389 e. The van der Waals surface area contributed by atoms with Crippen molar-refractivity contribution in [2.75, 3.05) is 43.4 Å². The molecule has 1 aliphatic rings. The molecule has 2 N–H and O–H groups in total. The highest BCUT2D eigenvalue weighted by molar-refractivity contribution is 5.90. The fraction of sp³-hybridized carbons (Fsp3) is 0.333. The average molecular weight is 363 g/mol. The molecule has 6 nitrogen and oxygen atoms in total. The van der Waals surface area contributed by atoms with E-state index in [0.717, 1.165) is 54.2 Å². The van der Waals surface area contributed by atoms with Gasteiger partial charge in [-0.1, -0.05) is 24.3 Å². The molecule has 0 aliphatic carbocycles. The first-order valence-electron chi connectivity index (χ1n) is 9.35. The minimum atomic E-state index is -0.509. The molecule has 0 spiro atoms. The first-order valence-corrected chi connectivity index (χ1v) is 9.35. The van der Waals surface area contributed by atoms with E-state index in [1.54, 1.807) is 6.92 Å². The van der Waals surface area contributed by atoms with E-state index in [1.165, 1.54) is 0 Å². The van der Waals surface area contributed by atoms with Gasteiger partial charge >= 0.3 is 0 Å². The summed E-state index contributed by atoms with van der Waals surface area (Å²) in [5, 5.41) is 14.2. The lowest BCUT2D eigenvalue weighted by molar-refractivity contribution is 0.199. The van der Waals surface area contributed by atoms with Crippen LogP contribution in [-0.4, -0.2) is 53.2 Å². The molecule has 2 aromatic carbocycles. The average Bonchev–Trinajstić information content (AvgIpc) is 2.68. The zero-order valence-electron chi connectivity index (χ0n) is 15.8. The number of hydrogen-bond acceptors (Lipinski definition) is 6. The number of aliphatic hydroxyl groups is 1. The van der Waals surface area contributed by atoms with Crippen LogP contribution >= 0.6 is 0 Å². The van der Waals surface area contributed by atoms with Crippen molar-refractivity contribution in [3.63, 3.8) is 0 Å². The Bertz CT molecular complexity index is 935. The van der Waals surface area contributed by atoms with Crippen molar-refractivity contribution in [1.29, 1.82) is 0 Å². The molecule has 1 atom stereocenters. The van der Waals surface area contributed by atoms with Gasteiger partial charge in [0, 0.05) is 37.3 Å². The molecule has 0 saturated carbocycles. The summed E-state index contributed by atoms with van der Waals surface area (Å²) in [6.45, 7) is 5.72. The van der Waals surface area contributed by atoms with Gasteiger partial charge in [0.1, 0.15) is 5.82 Å². The lowest BCUT2D eigenvalue weighted by Gasteiger charge is -2.33. The number of piperazine rings is 1. The van der Waals surface area contributed by atoms with Crippen molar-refractivity contribution >= 4 is 28.4 Å². The number of nitrogens with one attached hydrogen (secondary N) is 1. The summed E-state index contributed by atoms with van der Waals surface area (Å²) < 4.78 is 0. The van der Waals surface area contributed by atoms with Crippen LogP contribution in [0.1, 0.15) is 18.6 Å². The third-order valence-electron chi connectivity index (χ3n) is 5.01. The van der Waals surface area contributed by atoms with Gasteiger partial charge in [-0.3, -0.25) is 0 Å². The Morgan fingerprint density at radius 3 is 2.56 bits per heavy atom. The second-order valence-electron chi connectivity index (χ2n) is 7.10. The van der Waals surface area contributed by atoms with E-state index >= 15 is 0 Å². The maximum absolute atomic E-state index is 9.82. The molecule has 1 aromatic heterocycles. The highest BCUT2D eigenvalue weighted by atomic mass is 16.3. The second-order valence-corrected chi connectivity index (χ2v) is 7.10. The highest BCUT2D eigenvalue weighted by Crippen LogP contribution is 2.27. The molecule has 3 aromatic rings. The van der Waals surface area contributed by atoms with Gasteiger partial charge in [-0.15, -0.1) is 0 Å². The number of benzene rings is 2. The molecule has 0 bridgehead atoms. The summed E-state index contributed by atoms with van der Waals surface area (Å²) in [6, 6.07) is 15.9. The van der Waals surface area contributed by atoms with Crippen LogP contribution in [0.25, 0.3) is 10.9 Å². The summed E-state index contributed by atoms with van der Waals surface area (Å²) in [5.74, 6) is 1.55. The van der Waals surface area contributed by atoms with Crippen molar-refractivity contribution in [3.05, 3.63) is 54.1 Å². The van der Waals surface area contributed by atoms with Crippen LogP contribution in [0.4, 0.5) is 17.5 Å². The summed E-state index contributed by atoms with van der Waals surface area (Å²) in [5.41, 5.74) is 2.66. The molecular weight excluding hydrogens is 338 g/mol. The summed E-state index contributed by atoms with van der Waals surface area (Å²) in [6.07, 6.45) is -0.509. The Balaban J connectivity index is 1.70. The van der Waals surface area contributed by atoms with E-state index in [9.17, 15) is 5.11 Å². The molecule has 4 rings (SSSR count). The van der Waals surface area contributed by atoms with Crippen LogP contribution in [0.5, 0.6) is 0 Å². The fourth-order valence-corrected chi connectivity index (χ4v) is 3.38. The maximum Gasteiger partial charge on any atom is 0.229 e. The van der Waals surface area contributed by atoms with Gasteiger partial charge in [-0.2, -0.15) is 4.98 Å². The van der Waals surface area contributed by atoms with E-state index in [-0.39, 0.29) is 0 Å². The van der Waals surface area contributed by atoms with E-state index in [0.29, 0.717) is 5.95 Å². The normalized spacial score (nSPS) is 16.5. The van der Waals surface area contributed by atoms with Crippen molar-refractivity contribution in [1.82, 2.24) is 14.9 Å². The minimum Gasteiger partial charge on any atom is -0.389 e. The van der Waals surface area contributed by atoms with Crippen LogP contribution in [0.15, 0.2) is 48.5 Å². The summed E-state index contributed by atoms with van der Waals surface area (Å²) >= 11 is 0. The quantitative estimate of drug-likeness (QED) is 0.742. The van der Waals surface area contributed by atoms with Crippen molar-refractivity contribution in [2.24, 2.45) is 0 Å². The third-order valence-corrected chi connectivity index (χ3v) is 5.01. The second kappa shape index (κ2) is 7.50. The number of likely N-dealkylation sites (N-methyl/N-ethyl adjacent to an activating group) is 1. The zero-order valence-corrected chi connectivity index (χ0v) is 15.8. The summed E-state index contributed by atoms with van der Waals surface area (Å²) in [4.78, 5) is 14.2. The van der Waals surface area contributed by atoms with Crippen LogP contribution in [0, 0.1) is 0 Å². The monoisotopic (exact) mass is 363 g/mol. The van der Waals surface area contributed by atoms with Crippen LogP contribution in [0.3, 0.4) is 0 Å².